The predicted molar refractivity (Wildman–Crippen MR) is 51.1 cm³/mol. The first-order valence-corrected chi connectivity index (χ1v) is 5.81. The third-order valence-electron chi connectivity index (χ3n) is 1.50. The van der Waals surface area contributed by atoms with Crippen LogP contribution in [0, 0.1) is 0 Å². The molecule has 15 heavy (non-hydrogen) atoms. The van der Waals surface area contributed by atoms with Crippen molar-refractivity contribution in [2.45, 2.75) is 11.3 Å². The van der Waals surface area contributed by atoms with E-state index in [4.69, 9.17) is 0 Å². The highest BCUT2D eigenvalue weighted by Crippen LogP contribution is 2.24. The van der Waals surface area contributed by atoms with Crippen LogP contribution in [0.2, 0.25) is 0 Å². The molecule has 0 atom stereocenters. The van der Waals surface area contributed by atoms with Crippen molar-refractivity contribution in [2.75, 3.05) is 0 Å². The largest absolute Gasteiger partial charge is 0.315 e. The van der Waals surface area contributed by atoms with Gasteiger partial charge >= 0.3 is 0 Å². The number of hydrogen-bond donors (Lipinski definition) is 2. The van der Waals surface area contributed by atoms with E-state index in [-0.39, 0.29) is 4.60 Å². The van der Waals surface area contributed by atoms with E-state index in [0.29, 0.717) is 0 Å². The van der Waals surface area contributed by atoms with Crippen molar-refractivity contribution in [3.8, 4) is 0 Å². The van der Waals surface area contributed by atoms with Gasteiger partial charge in [-0.2, -0.15) is 0 Å². The highest BCUT2D eigenvalue weighted by Gasteiger charge is 2.24. The Balaban J connectivity index is 3.71. The minimum Gasteiger partial charge on any atom is -0.315 e. The number of halogens is 3. The Kier molecular flexibility index (Phi) is 3.26. The number of nitrogens with two attached hydrogens (primary N) is 1. The van der Waals surface area contributed by atoms with Gasteiger partial charge in [0.25, 0.3) is 12.0 Å². The molecule has 5 nitrogen and oxygen atoms in total. The summed E-state index contributed by atoms with van der Waals surface area (Å²) < 4.78 is 46.6. The normalized spacial score (nSPS) is 12.1. The fourth-order valence-electron chi connectivity index (χ4n) is 0.990. The number of aromatic amines is 1. The minimum absolute atomic E-state index is 0.0461. The Morgan fingerprint density at radius 3 is 2.40 bits per heavy atom. The average Bonchev–Trinajstić information content (AvgIpc) is 1.99. The molecule has 0 bridgehead atoms. The molecule has 0 saturated heterocycles. The number of rotatable bonds is 2. The second-order valence-corrected chi connectivity index (χ2v) is 4.93. The maximum Gasteiger partial charge on any atom is 0.269 e. The summed E-state index contributed by atoms with van der Waals surface area (Å²) in [5, 5.41) is 4.65. The summed E-state index contributed by atoms with van der Waals surface area (Å²) in [7, 11) is -4.47. The monoisotopic (exact) mass is 302 g/mol. The summed E-state index contributed by atoms with van der Waals surface area (Å²) in [6.45, 7) is 0. The SMILES string of the molecule is NS(=O)(=O)c1c(C(F)F)cc(Br)[nH]c1=O. The molecule has 1 aromatic heterocycles. The predicted octanol–water partition coefficient (Wildman–Crippen LogP) is 0.722. The fraction of sp³-hybridized carbons (Fsp3) is 0.167. The van der Waals surface area contributed by atoms with Crippen LogP contribution < -0.4 is 10.7 Å². The number of aromatic nitrogens is 1. The Morgan fingerprint density at radius 2 is 2.00 bits per heavy atom. The van der Waals surface area contributed by atoms with Gasteiger partial charge in [-0.25, -0.2) is 22.3 Å². The van der Waals surface area contributed by atoms with Gasteiger partial charge < -0.3 is 4.98 Å². The fourth-order valence-corrected chi connectivity index (χ4v) is 2.20. The highest BCUT2D eigenvalue weighted by molar-refractivity contribution is 9.10. The molecule has 1 aromatic rings. The molecule has 0 unspecified atom stereocenters. The molecule has 0 radical (unpaired) electrons. The molecule has 9 heteroatoms. The number of H-pyrrole nitrogens is 1. The number of alkyl halides is 2. The third-order valence-corrected chi connectivity index (χ3v) is 2.92. The molecule has 0 aliphatic carbocycles. The van der Waals surface area contributed by atoms with Gasteiger partial charge in [0.05, 0.1) is 4.60 Å². The first-order chi connectivity index (χ1) is 6.73. The molecule has 1 heterocycles. The third kappa shape index (κ3) is 2.61. The summed E-state index contributed by atoms with van der Waals surface area (Å²) >= 11 is 2.76. The minimum atomic E-state index is -4.47. The molecular weight excluding hydrogens is 298 g/mol. The van der Waals surface area contributed by atoms with Crippen molar-refractivity contribution in [3.05, 3.63) is 26.6 Å². The van der Waals surface area contributed by atoms with Crippen molar-refractivity contribution in [3.63, 3.8) is 0 Å². The van der Waals surface area contributed by atoms with Gasteiger partial charge in [-0.15, -0.1) is 0 Å². The van der Waals surface area contributed by atoms with Crippen LogP contribution >= 0.6 is 15.9 Å². The smallest absolute Gasteiger partial charge is 0.269 e. The van der Waals surface area contributed by atoms with Gasteiger partial charge in [0, 0.05) is 5.56 Å². The van der Waals surface area contributed by atoms with E-state index in [9.17, 15) is 22.0 Å². The zero-order valence-corrected chi connectivity index (χ0v) is 9.40. The number of nitrogens with one attached hydrogen (secondary N) is 1. The summed E-state index contributed by atoms with van der Waals surface area (Å²) in [6, 6.07) is 0.797. The molecule has 0 fully saturated rings. The van der Waals surface area contributed by atoms with Crippen LogP contribution in [0.3, 0.4) is 0 Å². The topological polar surface area (TPSA) is 93.0 Å². The first kappa shape index (κ1) is 12.3. The van der Waals surface area contributed by atoms with Gasteiger partial charge in [-0.05, 0) is 22.0 Å². The van der Waals surface area contributed by atoms with Crippen molar-refractivity contribution in [1.29, 1.82) is 0 Å². The van der Waals surface area contributed by atoms with Crippen molar-refractivity contribution < 1.29 is 17.2 Å². The van der Waals surface area contributed by atoms with E-state index in [1.807, 2.05) is 4.98 Å². The zero-order valence-electron chi connectivity index (χ0n) is 7.00. The van der Waals surface area contributed by atoms with E-state index in [2.05, 4.69) is 21.1 Å². The van der Waals surface area contributed by atoms with Crippen LogP contribution in [0.1, 0.15) is 12.0 Å². The molecule has 0 aliphatic heterocycles. The van der Waals surface area contributed by atoms with Crippen LogP contribution in [0.15, 0.2) is 20.4 Å². The second-order valence-electron chi connectivity index (χ2n) is 2.58. The van der Waals surface area contributed by atoms with E-state index in [0.717, 1.165) is 6.07 Å². The van der Waals surface area contributed by atoms with Crippen LogP contribution in [-0.2, 0) is 10.0 Å². The van der Waals surface area contributed by atoms with E-state index in [1.54, 1.807) is 0 Å². The quantitative estimate of drug-likeness (QED) is 0.788. The van der Waals surface area contributed by atoms with Gasteiger partial charge in [0.2, 0.25) is 10.0 Å². The van der Waals surface area contributed by atoms with Gasteiger partial charge in [-0.1, -0.05) is 0 Å². The van der Waals surface area contributed by atoms with Crippen LogP contribution in [0.5, 0.6) is 0 Å². The number of primary sulfonamides is 1. The second kappa shape index (κ2) is 3.99. The maximum atomic E-state index is 12.4. The molecular formula is C6H5BrF2N2O3S. The molecule has 0 aliphatic rings. The van der Waals surface area contributed by atoms with E-state index < -0.39 is 32.5 Å². The van der Waals surface area contributed by atoms with E-state index in [1.165, 1.54) is 0 Å². The summed E-state index contributed by atoms with van der Waals surface area (Å²) in [4.78, 5) is 12.0. The maximum absolute atomic E-state index is 12.4. The van der Waals surface area contributed by atoms with Gasteiger partial charge in [-0.3, -0.25) is 4.79 Å². The molecule has 1 rings (SSSR count). The average molecular weight is 303 g/mol. The standard InChI is InChI=1S/C6H5BrF2N2O3S/c7-3-1-2(5(8)9)4(6(12)11-3)15(10,13)14/h1,5H,(H,11,12)(H2,10,13,14). The zero-order chi connectivity index (χ0) is 11.8. The molecule has 0 aromatic carbocycles. The molecule has 0 saturated carbocycles. The van der Waals surface area contributed by atoms with Crippen LogP contribution in [0.25, 0.3) is 0 Å². The summed E-state index contributed by atoms with van der Waals surface area (Å²) in [5.74, 6) is 0. The Labute approximate surface area is 91.5 Å². The lowest BCUT2D eigenvalue weighted by atomic mass is 10.3. The van der Waals surface area contributed by atoms with Gasteiger partial charge in [0.1, 0.15) is 0 Å². The molecule has 84 valence electrons. The Hall–Kier alpha value is -0.800. The summed E-state index contributed by atoms with van der Waals surface area (Å²) in [5.41, 5.74) is -2.10. The number of hydrogen-bond acceptors (Lipinski definition) is 3. The lowest BCUT2D eigenvalue weighted by molar-refractivity contribution is 0.147. The lowest BCUT2D eigenvalue weighted by Crippen LogP contribution is -2.25. The van der Waals surface area contributed by atoms with E-state index >= 15 is 0 Å². The van der Waals surface area contributed by atoms with Crippen molar-refractivity contribution in [2.24, 2.45) is 5.14 Å². The molecule has 0 amide bonds. The van der Waals surface area contributed by atoms with Crippen molar-refractivity contribution >= 4 is 26.0 Å². The first-order valence-electron chi connectivity index (χ1n) is 3.47. The Bertz CT molecular complexity index is 540. The highest BCUT2D eigenvalue weighted by atomic mass is 79.9. The van der Waals surface area contributed by atoms with Crippen LogP contribution in [-0.4, -0.2) is 13.4 Å². The Morgan fingerprint density at radius 1 is 1.47 bits per heavy atom. The van der Waals surface area contributed by atoms with Crippen molar-refractivity contribution in [1.82, 2.24) is 4.98 Å². The van der Waals surface area contributed by atoms with Gasteiger partial charge in [0.15, 0.2) is 4.90 Å². The molecule has 3 N–H and O–H groups in total. The lowest BCUT2D eigenvalue weighted by Gasteiger charge is -2.05. The number of pyridine rings is 1. The molecule has 0 spiro atoms. The summed E-state index contributed by atoms with van der Waals surface area (Å²) in [6.07, 6.45) is -3.10. The number of sulfonamides is 1. The van der Waals surface area contributed by atoms with Crippen LogP contribution in [0.4, 0.5) is 8.78 Å².